The molecule has 5 nitrogen and oxygen atoms in total. The molecule has 0 heterocycles. The monoisotopic (exact) mass is 293 g/mol. The molecule has 114 valence electrons. The molecule has 0 spiro atoms. The molecule has 0 unspecified atom stereocenters. The Kier molecular flexibility index (Phi) is 10.9. The third-order valence-corrected chi connectivity index (χ3v) is 3.47. The van der Waals surface area contributed by atoms with Gasteiger partial charge in [-0.25, -0.2) is 0 Å². The van der Waals surface area contributed by atoms with E-state index in [1.54, 1.807) is 0 Å². The van der Waals surface area contributed by atoms with Crippen LogP contribution in [-0.4, -0.2) is 24.8 Å². The van der Waals surface area contributed by atoms with E-state index in [2.05, 4.69) is 12.2 Å². The molecule has 0 aliphatic heterocycles. The van der Waals surface area contributed by atoms with Gasteiger partial charge in [-0.3, -0.25) is 9.35 Å². The first-order chi connectivity index (χ1) is 8.95. The second kappa shape index (κ2) is 11.2. The summed E-state index contributed by atoms with van der Waals surface area (Å²) >= 11 is 0. The van der Waals surface area contributed by atoms with Crippen molar-refractivity contribution in [1.82, 2.24) is 5.32 Å². The number of unbranched alkanes of at least 4 members (excludes halogenated alkanes) is 8. The van der Waals surface area contributed by atoms with Gasteiger partial charge in [0.25, 0.3) is 10.1 Å². The summed E-state index contributed by atoms with van der Waals surface area (Å²) in [5.41, 5.74) is 0. The summed E-state index contributed by atoms with van der Waals surface area (Å²) in [6, 6.07) is 0. The van der Waals surface area contributed by atoms with Crippen LogP contribution in [0.5, 0.6) is 0 Å². The second-order valence-corrected chi connectivity index (χ2v) is 6.36. The van der Waals surface area contributed by atoms with E-state index in [1.165, 1.54) is 38.5 Å². The Balaban J connectivity index is 3.28. The smallest absolute Gasteiger partial charge is 0.283 e. The topological polar surface area (TPSA) is 83.5 Å². The Bertz CT molecular complexity index is 328. The van der Waals surface area contributed by atoms with Gasteiger partial charge in [-0.2, -0.15) is 8.42 Å². The number of rotatable bonds is 12. The van der Waals surface area contributed by atoms with Gasteiger partial charge in [0, 0.05) is 6.42 Å². The number of hydrogen-bond donors (Lipinski definition) is 2. The Labute approximate surface area is 116 Å². The molecule has 19 heavy (non-hydrogen) atoms. The van der Waals surface area contributed by atoms with Crippen LogP contribution in [0.15, 0.2) is 0 Å². The summed E-state index contributed by atoms with van der Waals surface area (Å²) in [4.78, 5) is 11.2. The first-order valence-electron chi connectivity index (χ1n) is 7.17. The minimum atomic E-state index is -4.10. The van der Waals surface area contributed by atoms with Crippen LogP contribution in [0.2, 0.25) is 0 Å². The third kappa shape index (κ3) is 15.3. The summed E-state index contributed by atoms with van der Waals surface area (Å²) in [5.74, 6) is -1.01. The van der Waals surface area contributed by atoms with Gasteiger partial charge >= 0.3 is 0 Å². The number of carbonyl (C=O) groups excluding carboxylic acids is 1. The summed E-state index contributed by atoms with van der Waals surface area (Å²) in [5, 5.41) is 2.17. The molecule has 6 heteroatoms. The molecule has 0 atom stereocenters. The van der Waals surface area contributed by atoms with Gasteiger partial charge in [0.1, 0.15) is 5.88 Å². The highest BCUT2D eigenvalue weighted by Gasteiger charge is 2.07. The van der Waals surface area contributed by atoms with E-state index < -0.39 is 16.0 Å². The fourth-order valence-corrected chi connectivity index (χ4v) is 2.20. The molecule has 0 aliphatic carbocycles. The molecule has 0 aromatic rings. The normalized spacial score (nSPS) is 11.5. The lowest BCUT2D eigenvalue weighted by Crippen LogP contribution is -2.28. The molecular formula is C13H27NO4S. The second-order valence-electron chi connectivity index (χ2n) is 4.90. The Morgan fingerprint density at radius 3 is 1.89 bits per heavy atom. The maximum Gasteiger partial charge on any atom is 0.283 e. The number of amides is 1. The number of hydrogen-bond acceptors (Lipinski definition) is 3. The fraction of sp³-hybridized carbons (Fsp3) is 0.923. The highest BCUT2D eigenvalue weighted by atomic mass is 32.2. The van der Waals surface area contributed by atoms with Gasteiger partial charge in [-0.05, 0) is 6.42 Å². The molecule has 0 aromatic heterocycles. The highest BCUT2D eigenvalue weighted by Crippen LogP contribution is 2.10. The molecule has 0 aliphatic rings. The van der Waals surface area contributed by atoms with Crippen molar-refractivity contribution in [3.8, 4) is 0 Å². The van der Waals surface area contributed by atoms with Crippen molar-refractivity contribution in [2.45, 2.75) is 71.1 Å². The SMILES string of the molecule is CCCCCCCCCCCC(=O)NCS(=O)(=O)O. The van der Waals surface area contributed by atoms with E-state index in [4.69, 9.17) is 4.55 Å². The lowest BCUT2D eigenvalue weighted by atomic mass is 10.1. The van der Waals surface area contributed by atoms with Crippen molar-refractivity contribution < 1.29 is 17.8 Å². The van der Waals surface area contributed by atoms with Crippen molar-refractivity contribution >= 4 is 16.0 Å². The Morgan fingerprint density at radius 1 is 0.947 bits per heavy atom. The van der Waals surface area contributed by atoms with Crippen LogP contribution in [0.25, 0.3) is 0 Å². The molecule has 0 rings (SSSR count). The number of carbonyl (C=O) groups is 1. The van der Waals surface area contributed by atoms with Crippen molar-refractivity contribution in [2.24, 2.45) is 0 Å². The van der Waals surface area contributed by atoms with Crippen molar-refractivity contribution in [2.75, 3.05) is 5.88 Å². The van der Waals surface area contributed by atoms with Gasteiger partial charge in [0.2, 0.25) is 5.91 Å². The predicted octanol–water partition coefficient (Wildman–Crippen LogP) is 2.87. The third-order valence-electron chi connectivity index (χ3n) is 2.96. The molecule has 0 fully saturated rings. The largest absolute Gasteiger partial charge is 0.340 e. The van der Waals surface area contributed by atoms with Crippen molar-refractivity contribution in [3.05, 3.63) is 0 Å². The van der Waals surface area contributed by atoms with E-state index in [0.29, 0.717) is 6.42 Å². The summed E-state index contributed by atoms with van der Waals surface area (Å²) in [7, 11) is -4.10. The van der Waals surface area contributed by atoms with E-state index in [1.807, 2.05) is 0 Å². The average molecular weight is 293 g/mol. The van der Waals surface area contributed by atoms with Crippen LogP contribution in [0.1, 0.15) is 71.1 Å². The molecule has 0 aromatic carbocycles. The summed E-state index contributed by atoms with van der Waals surface area (Å²) < 4.78 is 29.3. The summed E-state index contributed by atoms with van der Waals surface area (Å²) in [6.45, 7) is 2.20. The molecular weight excluding hydrogens is 266 g/mol. The first kappa shape index (κ1) is 18.4. The minimum absolute atomic E-state index is 0.319. The van der Waals surface area contributed by atoms with E-state index in [0.717, 1.165) is 19.3 Å². The maximum atomic E-state index is 11.2. The molecule has 2 N–H and O–H groups in total. The van der Waals surface area contributed by atoms with Crippen molar-refractivity contribution in [3.63, 3.8) is 0 Å². The van der Waals surface area contributed by atoms with Crippen LogP contribution in [0, 0.1) is 0 Å². The lowest BCUT2D eigenvalue weighted by Gasteiger charge is -2.03. The highest BCUT2D eigenvalue weighted by molar-refractivity contribution is 7.85. The van der Waals surface area contributed by atoms with E-state index in [9.17, 15) is 13.2 Å². The zero-order chi connectivity index (χ0) is 14.6. The van der Waals surface area contributed by atoms with Gasteiger partial charge in [-0.1, -0.05) is 58.3 Å². The molecule has 0 radical (unpaired) electrons. The molecule has 0 saturated carbocycles. The standard InChI is InChI=1S/C13H27NO4S/c1-2-3-4-5-6-7-8-9-10-11-13(15)14-12-19(16,17)18/h2-12H2,1H3,(H,14,15)(H,16,17,18). The fourth-order valence-electron chi connectivity index (χ4n) is 1.86. The molecule has 0 bridgehead atoms. The quantitative estimate of drug-likeness (QED) is 0.428. The van der Waals surface area contributed by atoms with Gasteiger partial charge in [0.15, 0.2) is 0 Å². The van der Waals surface area contributed by atoms with Crippen molar-refractivity contribution in [1.29, 1.82) is 0 Å². The van der Waals surface area contributed by atoms with E-state index in [-0.39, 0.29) is 5.91 Å². The van der Waals surface area contributed by atoms with Gasteiger partial charge < -0.3 is 5.32 Å². The Hall–Kier alpha value is -0.620. The van der Waals surface area contributed by atoms with Crippen LogP contribution in [-0.2, 0) is 14.9 Å². The van der Waals surface area contributed by atoms with Crippen LogP contribution < -0.4 is 5.32 Å². The summed E-state index contributed by atoms with van der Waals surface area (Å²) in [6.07, 6.45) is 10.9. The predicted molar refractivity (Wildman–Crippen MR) is 76.4 cm³/mol. The lowest BCUT2D eigenvalue weighted by molar-refractivity contribution is -0.120. The molecule has 1 amide bonds. The minimum Gasteiger partial charge on any atom is -0.340 e. The van der Waals surface area contributed by atoms with Crippen LogP contribution in [0.3, 0.4) is 0 Å². The van der Waals surface area contributed by atoms with Gasteiger partial charge in [0.05, 0.1) is 0 Å². The zero-order valence-electron chi connectivity index (χ0n) is 11.9. The maximum absolute atomic E-state index is 11.2. The first-order valence-corrected chi connectivity index (χ1v) is 8.78. The average Bonchev–Trinajstić information content (AvgIpc) is 2.33. The van der Waals surface area contributed by atoms with Gasteiger partial charge in [-0.15, -0.1) is 0 Å². The van der Waals surface area contributed by atoms with Crippen LogP contribution in [0.4, 0.5) is 0 Å². The van der Waals surface area contributed by atoms with Crippen LogP contribution >= 0.6 is 0 Å². The van der Waals surface area contributed by atoms with E-state index >= 15 is 0 Å². The molecule has 0 saturated heterocycles. The Morgan fingerprint density at radius 2 is 1.42 bits per heavy atom. The zero-order valence-corrected chi connectivity index (χ0v) is 12.7. The number of nitrogens with one attached hydrogen (secondary N) is 1.